The van der Waals surface area contributed by atoms with Gasteiger partial charge in [0.15, 0.2) is 0 Å². The van der Waals surface area contributed by atoms with Gasteiger partial charge in [0, 0.05) is 10.9 Å². The van der Waals surface area contributed by atoms with Crippen molar-refractivity contribution in [1.82, 2.24) is 4.72 Å². The topological polar surface area (TPSA) is 46.2 Å². The van der Waals surface area contributed by atoms with Crippen molar-refractivity contribution < 1.29 is 8.42 Å². The highest BCUT2D eigenvalue weighted by molar-refractivity contribution is 9.09. The standard InChI is InChI=1S/C13H20BrNO2S/c1-4-13(3,8-9-14)15-18(16,17)12-7-5-6-11(2)10-12/h5-7,10,15H,4,8-9H2,1-3H3. The molecular weight excluding hydrogens is 314 g/mol. The number of sulfonamides is 1. The van der Waals surface area contributed by atoms with Crippen LogP contribution in [0.1, 0.15) is 32.3 Å². The fourth-order valence-electron chi connectivity index (χ4n) is 1.67. The van der Waals surface area contributed by atoms with E-state index >= 15 is 0 Å². The van der Waals surface area contributed by atoms with Gasteiger partial charge in [-0.25, -0.2) is 13.1 Å². The van der Waals surface area contributed by atoms with E-state index in [1.54, 1.807) is 18.2 Å². The van der Waals surface area contributed by atoms with E-state index in [9.17, 15) is 8.42 Å². The summed E-state index contributed by atoms with van der Waals surface area (Å²) < 4.78 is 27.4. The van der Waals surface area contributed by atoms with Gasteiger partial charge >= 0.3 is 0 Å². The van der Waals surface area contributed by atoms with Crippen molar-refractivity contribution in [3.63, 3.8) is 0 Å². The minimum Gasteiger partial charge on any atom is -0.207 e. The van der Waals surface area contributed by atoms with Crippen LogP contribution in [-0.2, 0) is 10.0 Å². The average molecular weight is 334 g/mol. The third-order valence-electron chi connectivity index (χ3n) is 3.11. The Bertz CT molecular complexity index is 501. The van der Waals surface area contributed by atoms with Crippen LogP contribution in [0.15, 0.2) is 29.2 Å². The van der Waals surface area contributed by atoms with Crippen molar-refractivity contribution >= 4 is 26.0 Å². The molecule has 1 aromatic carbocycles. The number of hydrogen-bond acceptors (Lipinski definition) is 2. The Morgan fingerprint density at radius 1 is 1.39 bits per heavy atom. The first kappa shape index (κ1) is 15.7. The Morgan fingerprint density at radius 2 is 2.06 bits per heavy atom. The lowest BCUT2D eigenvalue weighted by molar-refractivity contribution is 0.392. The largest absolute Gasteiger partial charge is 0.241 e. The van der Waals surface area contributed by atoms with Crippen LogP contribution in [0.3, 0.4) is 0 Å². The molecule has 1 N–H and O–H groups in total. The summed E-state index contributed by atoms with van der Waals surface area (Å²) >= 11 is 3.37. The van der Waals surface area contributed by atoms with Crippen molar-refractivity contribution in [2.24, 2.45) is 0 Å². The van der Waals surface area contributed by atoms with Gasteiger partial charge in [0.2, 0.25) is 10.0 Å². The maximum absolute atomic E-state index is 12.3. The molecule has 1 rings (SSSR count). The van der Waals surface area contributed by atoms with Gasteiger partial charge in [-0.1, -0.05) is 35.0 Å². The number of rotatable bonds is 6. The summed E-state index contributed by atoms with van der Waals surface area (Å²) in [5.41, 5.74) is 0.531. The second-order valence-electron chi connectivity index (χ2n) is 4.78. The lowest BCUT2D eigenvalue weighted by Crippen LogP contribution is -2.45. The van der Waals surface area contributed by atoms with E-state index in [0.29, 0.717) is 4.90 Å². The summed E-state index contributed by atoms with van der Waals surface area (Å²) in [6.07, 6.45) is 1.51. The molecule has 0 spiro atoms. The Morgan fingerprint density at radius 3 is 2.56 bits per heavy atom. The minimum absolute atomic E-state index is 0.330. The minimum atomic E-state index is -3.45. The fourth-order valence-corrected chi connectivity index (χ4v) is 4.16. The van der Waals surface area contributed by atoms with E-state index in [0.717, 1.165) is 23.7 Å². The molecular formula is C13H20BrNO2S. The third-order valence-corrected chi connectivity index (χ3v) is 5.14. The SMILES string of the molecule is CCC(C)(CCBr)NS(=O)(=O)c1cccc(C)c1. The number of nitrogens with one attached hydrogen (secondary N) is 1. The van der Waals surface area contributed by atoms with Crippen molar-refractivity contribution in [2.75, 3.05) is 5.33 Å². The molecule has 102 valence electrons. The highest BCUT2D eigenvalue weighted by Gasteiger charge is 2.28. The van der Waals surface area contributed by atoms with Crippen LogP contribution in [0, 0.1) is 6.92 Å². The van der Waals surface area contributed by atoms with Gasteiger partial charge in [-0.2, -0.15) is 0 Å². The van der Waals surface area contributed by atoms with Gasteiger partial charge in [-0.05, 0) is 44.4 Å². The van der Waals surface area contributed by atoms with Gasteiger partial charge in [0.25, 0.3) is 0 Å². The zero-order valence-electron chi connectivity index (χ0n) is 11.0. The predicted octanol–water partition coefficient (Wildman–Crippen LogP) is 3.23. The Balaban J connectivity index is 3.01. The zero-order chi connectivity index (χ0) is 13.8. The van der Waals surface area contributed by atoms with Crippen LogP contribution in [0.5, 0.6) is 0 Å². The molecule has 1 atom stereocenters. The van der Waals surface area contributed by atoms with E-state index in [2.05, 4.69) is 20.7 Å². The van der Waals surface area contributed by atoms with E-state index in [1.165, 1.54) is 0 Å². The van der Waals surface area contributed by atoms with E-state index in [1.807, 2.05) is 26.8 Å². The first-order chi connectivity index (χ1) is 8.33. The van der Waals surface area contributed by atoms with Crippen LogP contribution in [0.25, 0.3) is 0 Å². The normalized spacial score (nSPS) is 15.3. The molecule has 1 aromatic rings. The van der Waals surface area contributed by atoms with Gasteiger partial charge in [-0.15, -0.1) is 0 Å². The molecule has 3 nitrogen and oxygen atoms in total. The molecule has 0 radical (unpaired) electrons. The number of aryl methyl sites for hydroxylation is 1. The lowest BCUT2D eigenvalue weighted by atomic mass is 9.98. The molecule has 0 aliphatic carbocycles. The van der Waals surface area contributed by atoms with Gasteiger partial charge in [0.05, 0.1) is 4.90 Å². The summed E-state index contributed by atoms with van der Waals surface area (Å²) in [6.45, 7) is 5.81. The fraction of sp³-hybridized carbons (Fsp3) is 0.538. The molecule has 0 bridgehead atoms. The maximum atomic E-state index is 12.3. The average Bonchev–Trinajstić information content (AvgIpc) is 2.28. The highest BCUT2D eigenvalue weighted by Crippen LogP contribution is 2.20. The number of hydrogen-bond donors (Lipinski definition) is 1. The molecule has 0 aliphatic heterocycles. The Hall–Kier alpha value is -0.390. The predicted molar refractivity (Wildman–Crippen MR) is 78.6 cm³/mol. The van der Waals surface area contributed by atoms with Crippen LogP contribution >= 0.6 is 15.9 Å². The van der Waals surface area contributed by atoms with E-state index in [4.69, 9.17) is 0 Å². The molecule has 0 aromatic heterocycles. The van der Waals surface area contributed by atoms with E-state index < -0.39 is 15.6 Å². The first-order valence-corrected chi connectivity index (χ1v) is 8.60. The number of alkyl halides is 1. The van der Waals surface area contributed by atoms with Gasteiger partial charge < -0.3 is 0 Å². The number of benzene rings is 1. The molecule has 0 heterocycles. The molecule has 0 aliphatic rings. The third kappa shape index (κ3) is 4.07. The monoisotopic (exact) mass is 333 g/mol. The summed E-state index contributed by atoms with van der Waals surface area (Å²) in [5, 5.41) is 0.772. The Kier molecular flexibility index (Phi) is 5.37. The first-order valence-electron chi connectivity index (χ1n) is 5.99. The lowest BCUT2D eigenvalue weighted by Gasteiger charge is -2.28. The molecule has 5 heteroatoms. The Labute approximate surface area is 118 Å². The second-order valence-corrected chi connectivity index (χ2v) is 7.25. The van der Waals surface area contributed by atoms with Crippen molar-refractivity contribution in [2.45, 2.75) is 44.0 Å². The molecule has 0 saturated carbocycles. The molecule has 18 heavy (non-hydrogen) atoms. The zero-order valence-corrected chi connectivity index (χ0v) is 13.4. The second kappa shape index (κ2) is 6.17. The van der Waals surface area contributed by atoms with Crippen LogP contribution in [0.2, 0.25) is 0 Å². The van der Waals surface area contributed by atoms with Gasteiger partial charge in [-0.3, -0.25) is 0 Å². The summed E-state index contributed by atoms with van der Waals surface area (Å²) in [7, 11) is -3.45. The van der Waals surface area contributed by atoms with Crippen LogP contribution in [0.4, 0.5) is 0 Å². The van der Waals surface area contributed by atoms with E-state index in [-0.39, 0.29) is 0 Å². The quantitative estimate of drug-likeness (QED) is 0.812. The summed E-state index contributed by atoms with van der Waals surface area (Å²) in [4.78, 5) is 0.330. The van der Waals surface area contributed by atoms with Crippen molar-refractivity contribution in [1.29, 1.82) is 0 Å². The van der Waals surface area contributed by atoms with Crippen molar-refractivity contribution in [3.05, 3.63) is 29.8 Å². The highest BCUT2D eigenvalue weighted by atomic mass is 79.9. The molecule has 0 saturated heterocycles. The summed E-state index contributed by atoms with van der Waals surface area (Å²) in [6, 6.07) is 6.96. The van der Waals surface area contributed by atoms with Crippen molar-refractivity contribution in [3.8, 4) is 0 Å². The smallest absolute Gasteiger partial charge is 0.207 e. The molecule has 1 unspecified atom stereocenters. The maximum Gasteiger partial charge on any atom is 0.241 e. The van der Waals surface area contributed by atoms with Crippen LogP contribution < -0.4 is 4.72 Å². The number of halogens is 1. The van der Waals surface area contributed by atoms with Crippen LogP contribution in [-0.4, -0.2) is 19.3 Å². The van der Waals surface area contributed by atoms with Gasteiger partial charge in [0.1, 0.15) is 0 Å². The molecule has 0 amide bonds. The molecule has 0 fully saturated rings. The summed E-state index contributed by atoms with van der Waals surface area (Å²) in [5.74, 6) is 0.